The molecule has 0 atom stereocenters. The van der Waals surface area contributed by atoms with Gasteiger partial charge in [0.2, 0.25) is 0 Å². The van der Waals surface area contributed by atoms with Crippen molar-refractivity contribution >= 4 is 5.97 Å². The monoisotopic (exact) mass is 277 g/mol. The van der Waals surface area contributed by atoms with E-state index in [1.54, 1.807) is 49.3 Å². The zero-order valence-electron chi connectivity index (χ0n) is 11.0. The van der Waals surface area contributed by atoms with E-state index in [0.717, 1.165) is 0 Å². The summed E-state index contributed by atoms with van der Waals surface area (Å²) in [6, 6.07) is 7.14. The van der Waals surface area contributed by atoms with E-state index in [1.807, 2.05) is 12.1 Å². The molecule has 0 fully saturated rings. The fourth-order valence-corrected chi connectivity index (χ4v) is 2.17. The second kappa shape index (κ2) is 5.50. The highest BCUT2D eigenvalue weighted by Crippen LogP contribution is 2.30. The molecule has 5 heteroatoms. The van der Waals surface area contributed by atoms with Gasteiger partial charge in [0, 0.05) is 59.4 Å². The van der Waals surface area contributed by atoms with E-state index in [4.69, 9.17) is 0 Å². The van der Waals surface area contributed by atoms with Gasteiger partial charge in [-0.3, -0.25) is 15.0 Å². The van der Waals surface area contributed by atoms with Crippen molar-refractivity contribution in [3.63, 3.8) is 0 Å². The molecule has 0 unspecified atom stereocenters. The Morgan fingerprint density at radius 3 is 1.71 bits per heavy atom. The highest BCUT2D eigenvalue weighted by Gasteiger charge is 2.18. The van der Waals surface area contributed by atoms with E-state index in [2.05, 4.69) is 15.0 Å². The summed E-state index contributed by atoms with van der Waals surface area (Å²) in [7, 11) is 0. The number of pyridine rings is 3. The first-order valence-corrected chi connectivity index (χ1v) is 6.29. The van der Waals surface area contributed by atoms with Gasteiger partial charge in [0.1, 0.15) is 0 Å². The molecule has 102 valence electrons. The molecule has 21 heavy (non-hydrogen) atoms. The van der Waals surface area contributed by atoms with Crippen LogP contribution in [0, 0.1) is 0 Å². The Bertz CT molecular complexity index is 716. The van der Waals surface area contributed by atoms with Gasteiger partial charge >= 0.3 is 5.97 Å². The second-order valence-corrected chi connectivity index (χ2v) is 4.40. The summed E-state index contributed by atoms with van der Waals surface area (Å²) < 4.78 is 0. The van der Waals surface area contributed by atoms with Crippen LogP contribution in [0.4, 0.5) is 0 Å². The summed E-state index contributed by atoms with van der Waals surface area (Å²) >= 11 is 0. The lowest BCUT2D eigenvalue weighted by atomic mass is 9.96. The zero-order valence-corrected chi connectivity index (χ0v) is 11.0. The molecule has 0 aliphatic heterocycles. The number of carboxylic acid groups (broad SMARTS) is 1. The lowest BCUT2D eigenvalue weighted by molar-refractivity contribution is 0.0698. The van der Waals surface area contributed by atoms with Crippen LogP contribution in [0.25, 0.3) is 22.3 Å². The molecular weight excluding hydrogens is 266 g/mol. The third-order valence-corrected chi connectivity index (χ3v) is 3.10. The molecule has 0 radical (unpaired) electrons. The van der Waals surface area contributed by atoms with E-state index >= 15 is 0 Å². The van der Waals surface area contributed by atoms with Crippen LogP contribution in [0.1, 0.15) is 10.4 Å². The van der Waals surface area contributed by atoms with Crippen LogP contribution in [0.5, 0.6) is 0 Å². The van der Waals surface area contributed by atoms with Crippen LogP contribution in [0.2, 0.25) is 0 Å². The quantitative estimate of drug-likeness (QED) is 0.796. The van der Waals surface area contributed by atoms with Crippen LogP contribution in [0.3, 0.4) is 0 Å². The molecule has 0 aliphatic carbocycles. The van der Waals surface area contributed by atoms with Gasteiger partial charge < -0.3 is 5.11 Å². The van der Waals surface area contributed by atoms with Gasteiger partial charge in [-0.05, 0) is 12.1 Å². The molecule has 0 bridgehead atoms. The highest BCUT2D eigenvalue weighted by atomic mass is 16.4. The minimum atomic E-state index is -1.00. The van der Waals surface area contributed by atoms with Crippen molar-refractivity contribution in [1.82, 2.24) is 15.0 Å². The molecule has 0 spiro atoms. The Labute approximate surface area is 121 Å². The van der Waals surface area contributed by atoms with Gasteiger partial charge in [-0.15, -0.1) is 0 Å². The number of hydrogen-bond donors (Lipinski definition) is 1. The van der Waals surface area contributed by atoms with E-state index in [1.165, 1.54) is 0 Å². The van der Waals surface area contributed by atoms with Crippen molar-refractivity contribution in [3.8, 4) is 22.3 Å². The van der Waals surface area contributed by atoms with Gasteiger partial charge in [0.05, 0.1) is 5.56 Å². The molecule has 0 aromatic carbocycles. The van der Waals surface area contributed by atoms with Crippen LogP contribution in [-0.4, -0.2) is 26.0 Å². The smallest absolute Gasteiger partial charge is 0.337 e. The molecule has 0 amide bonds. The maximum Gasteiger partial charge on any atom is 0.337 e. The molecule has 1 N–H and O–H groups in total. The number of nitrogens with zero attached hydrogens (tertiary/aromatic N) is 3. The second-order valence-electron chi connectivity index (χ2n) is 4.40. The SMILES string of the molecule is O=C(O)c1c(-c2cccnc2)cncc1-c1cccnc1. The molecule has 3 aromatic heterocycles. The van der Waals surface area contributed by atoms with Gasteiger partial charge in [-0.25, -0.2) is 4.79 Å². The molecule has 3 aromatic rings. The van der Waals surface area contributed by atoms with Crippen LogP contribution in [-0.2, 0) is 0 Å². The number of rotatable bonds is 3. The molecule has 5 nitrogen and oxygen atoms in total. The number of aromatic carboxylic acids is 1. The third kappa shape index (κ3) is 2.49. The molecule has 0 saturated carbocycles. The summed E-state index contributed by atoms with van der Waals surface area (Å²) in [6.45, 7) is 0. The Morgan fingerprint density at radius 1 is 0.810 bits per heavy atom. The predicted octanol–water partition coefficient (Wildman–Crippen LogP) is 2.90. The third-order valence-electron chi connectivity index (χ3n) is 3.10. The summed E-state index contributed by atoms with van der Waals surface area (Å²) in [6.07, 6.45) is 9.61. The van der Waals surface area contributed by atoms with Crippen LogP contribution < -0.4 is 0 Å². The fraction of sp³-hybridized carbons (Fsp3) is 0. The lowest BCUT2D eigenvalue weighted by Crippen LogP contribution is -2.04. The highest BCUT2D eigenvalue weighted by molar-refractivity contribution is 6.02. The number of carboxylic acids is 1. The van der Waals surface area contributed by atoms with Gasteiger partial charge in [0.25, 0.3) is 0 Å². The van der Waals surface area contributed by atoms with Crippen LogP contribution in [0.15, 0.2) is 61.4 Å². The van der Waals surface area contributed by atoms with E-state index in [0.29, 0.717) is 22.3 Å². The first kappa shape index (κ1) is 12.9. The van der Waals surface area contributed by atoms with Crippen molar-refractivity contribution in [2.24, 2.45) is 0 Å². The summed E-state index contributed by atoms with van der Waals surface area (Å²) in [5.74, 6) is -1.00. The van der Waals surface area contributed by atoms with Gasteiger partial charge in [0.15, 0.2) is 0 Å². The normalized spacial score (nSPS) is 10.3. The molecule has 3 heterocycles. The standard InChI is InChI=1S/C16H11N3O2/c20-16(21)15-13(11-3-1-5-17-7-11)9-19-10-14(15)12-4-2-6-18-8-12/h1-10H,(H,20,21). The van der Waals surface area contributed by atoms with Crippen molar-refractivity contribution in [3.05, 3.63) is 67.0 Å². The van der Waals surface area contributed by atoms with Crippen molar-refractivity contribution in [2.75, 3.05) is 0 Å². The average molecular weight is 277 g/mol. The van der Waals surface area contributed by atoms with E-state index in [9.17, 15) is 9.90 Å². The number of hydrogen-bond acceptors (Lipinski definition) is 4. The molecule has 3 rings (SSSR count). The average Bonchev–Trinajstić information content (AvgIpc) is 2.55. The predicted molar refractivity (Wildman–Crippen MR) is 77.7 cm³/mol. The van der Waals surface area contributed by atoms with Gasteiger partial charge in [-0.1, -0.05) is 12.1 Å². The Kier molecular flexibility index (Phi) is 3.39. The first-order chi connectivity index (χ1) is 10.3. The van der Waals surface area contributed by atoms with Crippen molar-refractivity contribution in [1.29, 1.82) is 0 Å². The van der Waals surface area contributed by atoms with Crippen LogP contribution >= 0.6 is 0 Å². The maximum atomic E-state index is 11.7. The zero-order chi connectivity index (χ0) is 14.7. The lowest BCUT2D eigenvalue weighted by Gasteiger charge is -2.10. The topological polar surface area (TPSA) is 76.0 Å². The Hall–Kier alpha value is -3.08. The largest absolute Gasteiger partial charge is 0.478 e. The summed E-state index contributed by atoms with van der Waals surface area (Å²) in [4.78, 5) is 23.9. The Morgan fingerprint density at radius 2 is 1.33 bits per heavy atom. The maximum absolute atomic E-state index is 11.7. The van der Waals surface area contributed by atoms with Crippen molar-refractivity contribution in [2.45, 2.75) is 0 Å². The minimum Gasteiger partial charge on any atom is -0.478 e. The van der Waals surface area contributed by atoms with E-state index in [-0.39, 0.29) is 5.56 Å². The first-order valence-electron chi connectivity index (χ1n) is 6.29. The Balaban J connectivity index is 2.26. The summed E-state index contributed by atoms with van der Waals surface area (Å²) in [5, 5.41) is 9.60. The van der Waals surface area contributed by atoms with E-state index < -0.39 is 5.97 Å². The van der Waals surface area contributed by atoms with Crippen molar-refractivity contribution < 1.29 is 9.90 Å². The molecular formula is C16H11N3O2. The molecule has 0 saturated heterocycles. The summed E-state index contributed by atoms with van der Waals surface area (Å²) in [5.41, 5.74) is 2.71. The molecule has 0 aliphatic rings. The number of aromatic nitrogens is 3. The fourth-order valence-electron chi connectivity index (χ4n) is 2.17. The number of carbonyl (C=O) groups is 1. The van der Waals surface area contributed by atoms with Gasteiger partial charge in [-0.2, -0.15) is 0 Å². The minimum absolute atomic E-state index is 0.200.